The molecule has 0 bridgehead atoms. The van der Waals surface area contributed by atoms with Crippen LogP contribution in [0.1, 0.15) is 22.7 Å². The summed E-state index contributed by atoms with van der Waals surface area (Å²) in [5, 5.41) is 3.26. The molecular weight excluding hydrogens is 321 g/mol. The fourth-order valence-corrected chi connectivity index (χ4v) is 2.61. The average Bonchev–Trinajstić information content (AvgIpc) is 2.44. The van der Waals surface area contributed by atoms with Crippen molar-refractivity contribution in [1.82, 2.24) is 5.32 Å². The Kier molecular flexibility index (Phi) is 4.78. The van der Waals surface area contributed by atoms with E-state index in [0.29, 0.717) is 5.56 Å². The van der Waals surface area contributed by atoms with Gasteiger partial charge in [0.1, 0.15) is 11.6 Å². The van der Waals surface area contributed by atoms with Crippen LogP contribution in [0.25, 0.3) is 0 Å². The summed E-state index contributed by atoms with van der Waals surface area (Å²) in [5.74, 6) is 0.604. The molecular formula is C16H17BrFNO. The van der Waals surface area contributed by atoms with Gasteiger partial charge >= 0.3 is 0 Å². The van der Waals surface area contributed by atoms with Crippen molar-refractivity contribution >= 4 is 15.9 Å². The van der Waals surface area contributed by atoms with E-state index in [2.05, 4.69) is 21.2 Å². The molecule has 20 heavy (non-hydrogen) atoms. The predicted molar refractivity (Wildman–Crippen MR) is 82.7 cm³/mol. The van der Waals surface area contributed by atoms with E-state index in [1.165, 1.54) is 6.07 Å². The maximum Gasteiger partial charge on any atom is 0.126 e. The molecule has 0 fully saturated rings. The van der Waals surface area contributed by atoms with Crippen LogP contribution >= 0.6 is 15.9 Å². The second-order valence-corrected chi connectivity index (χ2v) is 5.53. The predicted octanol–water partition coefficient (Wildman–Crippen LogP) is 4.21. The topological polar surface area (TPSA) is 21.3 Å². The molecule has 1 unspecified atom stereocenters. The zero-order valence-electron chi connectivity index (χ0n) is 11.7. The molecule has 2 aromatic carbocycles. The molecule has 0 aliphatic heterocycles. The van der Waals surface area contributed by atoms with Gasteiger partial charge in [-0.3, -0.25) is 0 Å². The first kappa shape index (κ1) is 15.0. The lowest BCUT2D eigenvalue weighted by atomic mass is 9.96. The van der Waals surface area contributed by atoms with Crippen molar-refractivity contribution < 1.29 is 9.13 Å². The molecule has 1 N–H and O–H groups in total. The van der Waals surface area contributed by atoms with Crippen LogP contribution in [0.4, 0.5) is 4.39 Å². The lowest BCUT2D eigenvalue weighted by molar-refractivity contribution is 0.405. The summed E-state index contributed by atoms with van der Waals surface area (Å²) in [6, 6.07) is 11.0. The van der Waals surface area contributed by atoms with Crippen molar-refractivity contribution in [1.29, 1.82) is 0 Å². The van der Waals surface area contributed by atoms with Crippen molar-refractivity contribution in [2.24, 2.45) is 0 Å². The first-order chi connectivity index (χ1) is 9.56. The third-order valence-corrected chi connectivity index (χ3v) is 3.80. The molecule has 0 aromatic heterocycles. The van der Waals surface area contributed by atoms with Gasteiger partial charge in [-0.25, -0.2) is 4.39 Å². The molecule has 0 aliphatic carbocycles. The summed E-state index contributed by atoms with van der Waals surface area (Å²) in [7, 11) is 3.53. The highest BCUT2D eigenvalue weighted by atomic mass is 79.9. The standard InChI is InChI=1S/C16H17BrFNO/c1-10-8-11(4-7-14(10)18)16(19-2)13-6-5-12(17)9-15(13)20-3/h4-9,16,19H,1-3H3. The van der Waals surface area contributed by atoms with Gasteiger partial charge in [-0.15, -0.1) is 0 Å². The summed E-state index contributed by atoms with van der Waals surface area (Å²) in [4.78, 5) is 0. The number of methoxy groups -OCH3 is 1. The molecule has 0 heterocycles. The minimum absolute atomic E-state index is 0.0441. The van der Waals surface area contributed by atoms with Crippen molar-refractivity contribution in [2.45, 2.75) is 13.0 Å². The smallest absolute Gasteiger partial charge is 0.126 e. The van der Waals surface area contributed by atoms with Gasteiger partial charge in [-0.05, 0) is 43.3 Å². The van der Waals surface area contributed by atoms with Gasteiger partial charge in [0.2, 0.25) is 0 Å². The minimum Gasteiger partial charge on any atom is -0.496 e. The fraction of sp³-hybridized carbons (Fsp3) is 0.250. The van der Waals surface area contributed by atoms with Crippen molar-refractivity contribution in [3.8, 4) is 5.75 Å². The molecule has 0 saturated carbocycles. The van der Waals surface area contributed by atoms with Gasteiger partial charge in [-0.1, -0.05) is 34.1 Å². The van der Waals surface area contributed by atoms with Gasteiger partial charge < -0.3 is 10.1 Å². The van der Waals surface area contributed by atoms with Crippen molar-refractivity contribution in [3.63, 3.8) is 0 Å². The van der Waals surface area contributed by atoms with Gasteiger partial charge in [0.25, 0.3) is 0 Å². The lowest BCUT2D eigenvalue weighted by Gasteiger charge is -2.20. The Balaban J connectivity index is 2.49. The molecule has 106 valence electrons. The Bertz CT molecular complexity index is 615. The highest BCUT2D eigenvalue weighted by molar-refractivity contribution is 9.10. The van der Waals surface area contributed by atoms with E-state index in [-0.39, 0.29) is 11.9 Å². The largest absolute Gasteiger partial charge is 0.496 e. The molecule has 0 saturated heterocycles. The summed E-state index contributed by atoms with van der Waals surface area (Å²) < 4.78 is 19.8. The molecule has 2 rings (SSSR count). The van der Waals surface area contributed by atoms with Crippen LogP contribution < -0.4 is 10.1 Å². The van der Waals surface area contributed by atoms with Crippen LogP contribution in [0.3, 0.4) is 0 Å². The molecule has 0 radical (unpaired) electrons. The second-order valence-electron chi connectivity index (χ2n) is 4.62. The number of ether oxygens (including phenoxy) is 1. The number of nitrogens with one attached hydrogen (secondary N) is 1. The number of hydrogen-bond donors (Lipinski definition) is 1. The molecule has 2 aromatic rings. The Morgan fingerprint density at radius 3 is 2.55 bits per heavy atom. The minimum atomic E-state index is -0.189. The van der Waals surface area contributed by atoms with Crippen LogP contribution in [-0.2, 0) is 0 Å². The molecule has 0 spiro atoms. The molecule has 4 heteroatoms. The maximum atomic E-state index is 13.4. The normalized spacial score (nSPS) is 12.2. The molecule has 0 aliphatic rings. The van der Waals surface area contributed by atoms with E-state index in [9.17, 15) is 4.39 Å². The SMILES string of the molecule is CNC(c1ccc(F)c(C)c1)c1ccc(Br)cc1OC. The van der Waals surface area contributed by atoms with Crippen LogP contribution in [0.5, 0.6) is 5.75 Å². The zero-order chi connectivity index (χ0) is 14.7. The average molecular weight is 338 g/mol. The third kappa shape index (κ3) is 3.02. The van der Waals surface area contributed by atoms with Crippen LogP contribution in [-0.4, -0.2) is 14.2 Å². The van der Waals surface area contributed by atoms with E-state index in [1.807, 2.05) is 31.3 Å². The Morgan fingerprint density at radius 2 is 1.95 bits per heavy atom. The van der Waals surface area contributed by atoms with Gasteiger partial charge in [0.05, 0.1) is 13.2 Å². The lowest BCUT2D eigenvalue weighted by Crippen LogP contribution is -2.18. The summed E-state index contributed by atoms with van der Waals surface area (Å²) in [6.45, 7) is 1.77. The van der Waals surface area contributed by atoms with E-state index >= 15 is 0 Å². The van der Waals surface area contributed by atoms with Gasteiger partial charge in [-0.2, -0.15) is 0 Å². The number of hydrogen-bond acceptors (Lipinski definition) is 2. The maximum absolute atomic E-state index is 13.4. The number of aryl methyl sites for hydroxylation is 1. The van der Waals surface area contributed by atoms with Gasteiger partial charge in [0, 0.05) is 10.0 Å². The van der Waals surface area contributed by atoms with E-state index in [0.717, 1.165) is 21.3 Å². The number of benzene rings is 2. The van der Waals surface area contributed by atoms with Crippen molar-refractivity contribution in [2.75, 3.05) is 14.2 Å². The van der Waals surface area contributed by atoms with E-state index < -0.39 is 0 Å². The molecule has 0 amide bonds. The van der Waals surface area contributed by atoms with Gasteiger partial charge in [0.15, 0.2) is 0 Å². The quantitative estimate of drug-likeness (QED) is 0.902. The van der Waals surface area contributed by atoms with Crippen molar-refractivity contribution in [3.05, 3.63) is 63.4 Å². The van der Waals surface area contributed by atoms with E-state index in [4.69, 9.17) is 4.74 Å². The summed E-state index contributed by atoms with van der Waals surface area (Å²) in [6.07, 6.45) is 0. The van der Waals surface area contributed by atoms with Crippen LogP contribution in [0.2, 0.25) is 0 Å². The first-order valence-electron chi connectivity index (χ1n) is 6.33. The summed E-state index contributed by atoms with van der Waals surface area (Å²) in [5.41, 5.74) is 2.66. The summed E-state index contributed by atoms with van der Waals surface area (Å²) >= 11 is 3.44. The third-order valence-electron chi connectivity index (χ3n) is 3.31. The van der Waals surface area contributed by atoms with Crippen LogP contribution in [0, 0.1) is 12.7 Å². The Labute approximate surface area is 127 Å². The first-order valence-corrected chi connectivity index (χ1v) is 7.13. The fourth-order valence-electron chi connectivity index (χ4n) is 2.27. The molecule has 1 atom stereocenters. The van der Waals surface area contributed by atoms with E-state index in [1.54, 1.807) is 20.1 Å². The number of halogens is 2. The Hall–Kier alpha value is -1.39. The Morgan fingerprint density at radius 1 is 1.20 bits per heavy atom. The highest BCUT2D eigenvalue weighted by Crippen LogP contribution is 2.32. The number of rotatable bonds is 4. The van der Waals surface area contributed by atoms with Crippen LogP contribution in [0.15, 0.2) is 40.9 Å². The second kappa shape index (κ2) is 6.37. The zero-order valence-corrected chi connectivity index (χ0v) is 13.3. The monoisotopic (exact) mass is 337 g/mol. The molecule has 2 nitrogen and oxygen atoms in total. The highest BCUT2D eigenvalue weighted by Gasteiger charge is 2.17.